The van der Waals surface area contributed by atoms with E-state index in [-0.39, 0.29) is 17.9 Å². The molecule has 1 atom stereocenters. The normalized spacial score (nSPS) is 16.2. The van der Waals surface area contributed by atoms with Gasteiger partial charge in [0.1, 0.15) is 0 Å². The van der Waals surface area contributed by atoms with E-state index in [1.54, 1.807) is 0 Å². The number of hydrogen-bond acceptors (Lipinski definition) is 4. The lowest BCUT2D eigenvalue weighted by molar-refractivity contribution is -0.127. The molecule has 0 bridgehead atoms. The number of rotatable bonds is 7. The number of piperazine rings is 1. The van der Waals surface area contributed by atoms with Crippen LogP contribution < -0.4 is 10.6 Å². The first-order valence-corrected chi connectivity index (χ1v) is 10.2. The Bertz CT molecular complexity index is 799. The molecule has 0 saturated carbocycles. The molecule has 1 aliphatic heterocycles. The summed E-state index contributed by atoms with van der Waals surface area (Å²) in [5, 5.41) is 5.95. The van der Waals surface area contributed by atoms with E-state index in [0.717, 1.165) is 37.4 Å². The fourth-order valence-electron chi connectivity index (χ4n) is 3.45. The molecule has 1 fully saturated rings. The Labute approximate surface area is 172 Å². The maximum absolute atomic E-state index is 12.5. The summed E-state index contributed by atoms with van der Waals surface area (Å²) < 4.78 is 0. The molecule has 1 saturated heterocycles. The molecule has 29 heavy (non-hydrogen) atoms. The Balaban J connectivity index is 1.39. The van der Waals surface area contributed by atoms with Gasteiger partial charge in [0, 0.05) is 38.4 Å². The SMILES string of the molecule is Cc1ccc(NC(=O)CN2CCN([C@@H](C)C(=O)NCc3ccccc3)CC2)cc1. The number of hydrogen-bond donors (Lipinski definition) is 2. The summed E-state index contributed by atoms with van der Waals surface area (Å²) in [6.45, 7) is 7.98. The molecule has 6 nitrogen and oxygen atoms in total. The number of carbonyl (C=O) groups is 2. The third-order valence-electron chi connectivity index (χ3n) is 5.35. The molecule has 0 radical (unpaired) electrons. The third kappa shape index (κ3) is 6.41. The molecule has 0 aliphatic carbocycles. The maximum Gasteiger partial charge on any atom is 0.238 e. The lowest BCUT2D eigenvalue weighted by Gasteiger charge is -2.37. The Morgan fingerprint density at radius 2 is 1.62 bits per heavy atom. The fraction of sp³-hybridized carbons (Fsp3) is 0.391. The van der Waals surface area contributed by atoms with Crippen molar-refractivity contribution in [1.82, 2.24) is 15.1 Å². The van der Waals surface area contributed by atoms with Crippen LogP contribution in [0.4, 0.5) is 5.69 Å². The molecule has 1 aliphatic rings. The molecule has 2 aromatic carbocycles. The van der Waals surface area contributed by atoms with Crippen LogP contribution in [0.15, 0.2) is 54.6 Å². The molecular weight excluding hydrogens is 364 g/mol. The van der Waals surface area contributed by atoms with Crippen LogP contribution in [0, 0.1) is 6.92 Å². The summed E-state index contributed by atoms with van der Waals surface area (Å²) in [4.78, 5) is 29.1. The van der Waals surface area contributed by atoms with Crippen LogP contribution in [-0.2, 0) is 16.1 Å². The summed E-state index contributed by atoms with van der Waals surface area (Å²) >= 11 is 0. The first-order valence-electron chi connectivity index (χ1n) is 10.2. The van der Waals surface area contributed by atoms with Crippen LogP contribution in [-0.4, -0.2) is 60.4 Å². The quantitative estimate of drug-likeness (QED) is 0.756. The van der Waals surface area contributed by atoms with E-state index in [1.165, 1.54) is 5.56 Å². The zero-order valence-electron chi connectivity index (χ0n) is 17.2. The van der Waals surface area contributed by atoms with E-state index in [0.29, 0.717) is 13.1 Å². The summed E-state index contributed by atoms with van der Waals surface area (Å²) in [5.74, 6) is 0.0374. The average molecular weight is 395 g/mol. The van der Waals surface area contributed by atoms with Crippen molar-refractivity contribution in [3.8, 4) is 0 Å². The standard InChI is InChI=1S/C23H30N4O2/c1-18-8-10-21(11-9-18)25-22(28)17-26-12-14-27(15-13-26)19(2)23(29)24-16-20-6-4-3-5-7-20/h3-11,19H,12-17H2,1-2H3,(H,24,29)(H,25,28)/t19-/m0/s1. The number of aryl methyl sites for hydroxylation is 1. The van der Waals surface area contributed by atoms with Crippen molar-refractivity contribution in [1.29, 1.82) is 0 Å². The molecule has 2 amide bonds. The minimum Gasteiger partial charge on any atom is -0.351 e. The second-order valence-electron chi connectivity index (χ2n) is 7.61. The van der Waals surface area contributed by atoms with E-state index >= 15 is 0 Å². The van der Waals surface area contributed by atoms with Gasteiger partial charge in [-0.1, -0.05) is 48.0 Å². The monoisotopic (exact) mass is 394 g/mol. The molecule has 0 unspecified atom stereocenters. The van der Waals surface area contributed by atoms with E-state index in [4.69, 9.17) is 0 Å². The van der Waals surface area contributed by atoms with Gasteiger partial charge in [0.25, 0.3) is 0 Å². The highest BCUT2D eigenvalue weighted by Gasteiger charge is 2.26. The topological polar surface area (TPSA) is 64.7 Å². The summed E-state index contributed by atoms with van der Waals surface area (Å²) in [5.41, 5.74) is 3.08. The summed E-state index contributed by atoms with van der Waals surface area (Å²) in [6.07, 6.45) is 0. The van der Waals surface area contributed by atoms with Crippen molar-refractivity contribution in [2.75, 3.05) is 38.0 Å². The highest BCUT2D eigenvalue weighted by Crippen LogP contribution is 2.10. The predicted molar refractivity (Wildman–Crippen MR) is 116 cm³/mol. The third-order valence-corrected chi connectivity index (χ3v) is 5.35. The Kier molecular flexibility index (Phi) is 7.38. The lowest BCUT2D eigenvalue weighted by Crippen LogP contribution is -2.54. The minimum atomic E-state index is -0.178. The second kappa shape index (κ2) is 10.2. The highest BCUT2D eigenvalue weighted by atomic mass is 16.2. The minimum absolute atomic E-state index is 0.00374. The molecule has 0 aromatic heterocycles. The van der Waals surface area contributed by atoms with Crippen molar-refractivity contribution < 1.29 is 9.59 Å². The Morgan fingerprint density at radius 3 is 2.28 bits per heavy atom. The van der Waals surface area contributed by atoms with Gasteiger partial charge >= 0.3 is 0 Å². The van der Waals surface area contributed by atoms with Crippen molar-refractivity contribution >= 4 is 17.5 Å². The molecule has 6 heteroatoms. The zero-order valence-corrected chi connectivity index (χ0v) is 17.2. The number of amides is 2. The predicted octanol–water partition coefficient (Wildman–Crippen LogP) is 2.26. The molecule has 154 valence electrons. The molecule has 3 rings (SSSR count). The van der Waals surface area contributed by atoms with Gasteiger partial charge < -0.3 is 10.6 Å². The summed E-state index contributed by atoms with van der Waals surface area (Å²) in [6, 6.07) is 17.5. The van der Waals surface area contributed by atoms with Crippen molar-refractivity contribution in [3.63, 3.8) is 0 Å². The van der Waals surface area contributed by atoms with E-state index in [9.17, 15) is 9.59 Å². The first-order chi connectivity index (χ1) is 14.0. The second-order valence-corrected chi connectivity index (χ2v) is 7.61. The van der Waals surface area contributed by atoms with Crippen molar-refractivity contribution in [2.24, 2.45) is 0 Å². The van der Waals surface area contributed by atoms with Crippen LogP contribution in [0.1, 0.15) is 18.1 Å². The van der Waals surface area contributed by atoms with Crippen LogP contribution in [0.5, 0.6) is 0 Å². The lowest BCUT2D eigenvalue weighted by atomic mass is 10.2. The Hall–Kier alpha value is -2.70. The average Bonchev–Trinajstić information content (AvgIpc) is 2.74. The number of anilines is 1. The van der Waals surface area contributed by atoms with E-state index < -0.39 is 0 Å². The van der Waals surface area contributed by atoms with Crippen molar-refractivity contribution in [2.45, 2.75) is 26.4 Å². The molecular formula is C23H30N4O2. The fourth-order valence-corrected chi connectivity index (χ4v) is 3.45. The van der Waals surface area contributed by atoms with E-state index in [2.05, 4.69) is 20.4 Å². The van der Waals surface area contributed by atoms with Crippen molar-refractivity contribution in [3.05, 3.63) is 65.7 Å². The zero-order chi connectivity index (χ0) is 20.6. The molecule has 2 N–H and O–H groups in total. The Morgan fingerprint density at radius 1 is 0.966 bits per heavy atom. The van der Waals surface area contributed by atoms with Gasteiger partial charge in [0.05, 0.1) is 12.6 Å². The molecule has 1 heterocycles. The van der Waals surface area contributed by atoms with Gasteiger partial charge in [0.15, 0.2) is 0 Å². The van der Waals surface area contributed by atoms with Gasteiger partial charge in [-0.05, 0) is 31.5 Å². The molecule has 2 aromatic rings. The number of carbonyl (C=O) groups excluding carboxylic acids is 2. The largest absolute Gasteiger partial charge is 0.351 e. The highest BCUT2D eigenvalue weighted by molar-refractivity contribution is 5.92. The number of benzene rings is 2. The van der Waals surface area contributed by atoms with Gasteiger partial charge in [-0.2, -0.15) is 0 Å². The maximum atomic E-state index is 12.5. The van der Waals surface area contributed by atoms with Gasteiger partial charge in [-0.15, -0.1) is 0 Å². The van der Waals surface area contributed by atoms with Gasteiger partial charge in [-0.25, -0.2) is 0 Å². The smallest absolute Gasteiger partial charge is 0.238 e. The first kappa shape index (κ1) is 21.0. The summed E-state index contributed by atoms with van der Waals surface area (Å²) in [7, 11) is 0. The molecule has 0 spiro atoms. The van der Waals surface area contributed by atoms with E-state index in [1.807, 2.05) is 68.4 Å². The van der Waals surface area contributed by atoms with Gasteiger partial charge in [0.2, 0.25) is 11.8 Å². The van der Waals surface area contributed by atoms with Crippen LogP contribution in [0.25, 0.3) is 0 Å². The van der Waals surface area contributed by atoms with Crippen LogP contribution in [0.2, 0.25) is 0 Å². The van der Waals surface area contributed by atoms with Gasteiger partial charge in [-0.3, -0.25) is 19.4 Å². The number of nitrogens with one attached hydrogen (secondary N) is 2. The van der Waals surface area contributed by atoms with Crippen LogP contribution >= 0.6 is 0 Å². The number of nitrogens with zero attached hydrogens (tertiary/aromatic N) is 2. The van der Waals surface area contributed by atoms with Crippen LogP contribution in [0.3, 0.4) is 0 Å².